The summed E-state index contributed by atoms with van der Waals surface area (Å²) in [4.78, 5) is 13.4. The van der Waals surface area contributed by atoms with E-state index in [-0.39, 0.29) is 31.3 Å². The van der Waals surface area contributed by atoms with E-state index in [0.717, 1.165) is 13.1 Å². The minimum atomic E-state index is -0.917. The number of hydrogen-bond donors (Lipinski definition) is 0. The molecule has 0 aliphatic carbocycles. The summed E-state index contributed by atoms with van der Waals surface area (Å²) < 4.78 is 0. The van der Waals surface area contributed by atoms with Crippen molar-refractivity contribution >= 4 is 5.97 Å². The van der Waals surface area contributed by atoms with Crippen molar-refractivity contribution in [2.45, 2.75) is 136 Å². The quantitative estimate of drug-likeness (QED) is 0.224. The normalized spacial score (nSPS) is 12.1. The minimum Gasteiger partial charge on any atom is -0.550 e. The topological polar surface area (TPSA) is 43.4 Å². The summed E-state index contributed by atoms with van der Waals surface area (Å²) in [5.74, 6) is -0.917. The van der Waals surface area contributed by atoms with E-state index in [2.05, 4.69) is 18.7 Å². The zero-order valence-corrected chi connectivity index (χ0v) is 19.8. The van der Waals surface area contributed by atoms with Crippen LogP contribution in [0.1, 0.15) is 130 Å². The zero-order chi connectivity index (χ0) is 20.2. The van der Waals surface area contributed by atoms with Gasteiger partial charge in [-0.05, 0) is 32.9 Å². The molecule has 1 unspecified atom stereocenters. The Balaban J connectivity index is 0. The fourth-order valence-corrected chi connectivity index (χ4v) is 3.82. The maximum absolute atomic E-state index is 11.0. The summed E-state index contributed by atoms with van der Waals surface area (Å²) in [7, 11) is 0. The maximum atomic E-state index is 11.0. The number of nitrogens with zero attached hydrogens (tertiary/aromatic N) is 1. The van der Waals surface area contributed by atoms with E-state index in [0.29, 0.717) is 0 Å². The first-order valence-corrected chi connectivity index (χ1v) is 12.1. The molecule has 0 bridgehead atoms. The van der Waals surface area contributed by atoms with Gasteiger partial charge in [0.2, 0.25) is 0 Å². The van der Waals surface area contributed by atoms with Crippen LogP contribution >= 0.6 is 0 Å². The van der Waals surface area contributed by atoms with Crippen molar-refractivity contribution in [3.05, 3.63) is 0 Å². The molecule has 0 saturated carbocycles. The number of carbonyl (C=O) groups excluding carboxylic acids is 1. The molecule has 162 valence electrons. The number of hydrogen-bond acceptors (Lipinski definition) is 3. The largest absolute Gasteiger partial charge is 1.00 e. The van der Waals surface area contributed by atoms with Gasteiger partial charge in [0.05, 0.1) is 0 Å². The van der Waals surface area contributed by atoms with Crippen LogP contribution in [0.2, 0.25) is 0 Å². The van der Waals surface area contributed by atoms with E-state index in [1.165, 1.54) is 103 Å². The Morgan fingerprint density at radius 3 is 1.32 bits per heavy atom. The Morgan fingerprint density at radius 1 is 0.679 bits per heavy atom. The standard InChI is InChI=1S/C24H49NO2.Li/c1-4-6-8-10-12-14-16-18-20-25(23(3)22-24(26)27)21-19-17-15-13-11-9-7-5-2;/h23H,4-22H2,1-3H3,(H,26,27);/q;+1/p-1. The van der Waals surface area contributed by atoms with Crippen molar-refractivity contribution in [3.8, 4) is 0 Å². The predicted octanol–water partition coefficient (Wildman–Crippen LogP) is 3.10. The van der Waals surface area contributed by atoms with E-state index in [1.54, 1.807) is 0 Å². The van der Waals surface area contributed by atoms with Crippen LogP contribution in [0.3, 0.4) is 0 Å². The number of carbonyl (C=O) groups is 1. The molecule has 0 aromatic rings. The molecule has 0 aromatic carbocycles. The Bertz CT molecular complexity index is 306. The third kappa shape index (κ3) is 20.8. The van der Waals surface area contributed by atoms with Crippen LogP contribution in [0.15, 0.2) is 0 Å². The van der Waals surface area contributed by atoms with E-state index in [1.807, 2.05) is 6.92 Å². The summed E-state index contributed by atoms with van der Waals surface area (Å²) in [5.41, 5.74) is 0. The van der Waals surface area contributed by atoms with Gasteiger partial charge in [-0.2, -0.15) is 0 Å². The maximum Gasteiger partial charge on any atom is 1.00 e. The summed E-state index contributed by atoms with van der Waals surface area (Å²) in [5, 5.41) is 11.0. The average Bonchev–Trinajstić information content (AvgIpc) is 2.63. The van der Waals surface area contributed by atoms with Gasteiger partial charge >= 0.3 is 18.9 Å². The van der Waals surface area contributed by atoms with E-state index >= 15 is 0 Å². The molecule has 0 N–H and O–H groups in total. The van der Waals surface area contributed by atoms with Gasteiger partial charge in [0.25, 0.3) is 0 Å². The fourth-order valence-electron chi connectivity index (χ4n) is 3.82. The minimum absolute atomic E-state index is 0. The zero-order valence-electron chi connectivity index (χ0n) is 19.8. The molecule has 0 fully saturated rings. The average molecular weight is 390 g/mol. The number of carboxylic acids is 1. The fraction of sp³-hybridized carbons (Fsp3) is 0.958. The van der Waals surface area contributed by atoms with Gasteiger partial charge in [0.1, 0.15) is 0 Å². The van der Waals surface area contributed by atoms with Crippen LogP contribution in [0.4, 0.5) is 0 Å². The van der Waals surface area contributed by atoms with Crippen LogP contribution in [0, 0.1) is 0 Å². The van der Waals surface area contributed by atoms with Crippen LogP contribution < -0.4 is 24.0 Å². The molecule has 0 spiro atoms. The predicted molar refractivity (Wildman–Crippen MR) is 116 cm³/mol. The van der Waals surface area contributed by atoms with Crippen LogP contribution in [0.25, 0.3) is 0 Å². The molecule has 0 amide bonds. The molecule has 1 atom stereocenters. The van der Waals surface area contributed by atoms with Crippen LogP contribution in [-0.2, 0) is 4.79 Å². The summed E-state index contributed by atoms with van der Waals surface area (Å²) in [6.07, 6.45) is 21.3. The molecular formula is C24H48LiNO2. The molecule has 28 heavy (non-hydrogen) atoms. The first-order chi connectivity index (χ1) is 13.1. The molecule has 0 saturated heterocycles. The smallest absolute Gasteiger partial charge is 0.550 e. The molecule has 0 aliphatic rings. The number of aliphatic carboxylic acids is 1. The first kappa shape index (κ1) is 30.2. The third-order valence-corrected chi connectivity index (χ3v) is 5.68. The van der Waals surface area contributed by atoms with Crippen molar-refractivity contribution in [1.29, 1.82) is 0 Å². The van der Waals surface area contributed by atoms with Crippen LogP contribution in [0.5, 0.6) is 0 Å². The molecule has 0 radical (unpaired) electrons. The molecular weight excluding hydrogens is 341 g/mol. The van der Waals surface area contributed by atoms with Gasteiger partial charge in [0.15, 0.2) is 0 Å². The molecule has 0 aliphatic heterocycles. The van der Waals surface area contributed by atoms with Gasteiger partial charge in [-0.25, -0.2) is 0 Å². The summed E-state index contributed by atoms with van der Waals surface area (Å²) in [6, 6.07) is 0.101. The SMILES string of the molecule is CCCCCCCCCCN(CCCCCCCCCC)C(C)CC(=O)[O-].[Li+]. The Morgan fingerprint density at radius 2 is 1.00 bits per heavy atom. The number of carboxylic acid groups (broad SMARTS) is 1. The summed E-state index contributed by atoms with van der Waals surface area (Å²) in [6.45, 7) is 8.65. The van der Waals surface area contributed by atoms with Gasteiger partial charge in [-0.3, -0.25) is 0 Å². The van der Waals surface area contributed by atoms with Crippen molar-refractivity contribution in [1.82, 2.24) is 4.90 Å². The van der Waals surface area contributed by atoms with Gasteiger partial charge in [0, 0.05) is 18.4 Å². The molecule has 4 heteroatoms. The van der Waals surface area contributed by atoms with Crippen molar-refractivity contribution in [3.63, 3.8) is 0 Å². The van der Waals surface area contributed by atoms with Gasteiger partial charge < -0.3 is 14.8 Å². The van der Waals surface area contributed by atoms with Crippen molar-refractivity contribution in [2.24, 2.45) is 0 Å². The molecule has 0 heterocycles. The second-order valence-electron chi connectivity index (χ2n) is 8.41. The third-order valence-electron chi connectivity index (χ3n) is 5.68. The molecule has 0 aromatic heterocycles. The van der Waals surface area contributed by atoms with Gasteiger partial charge in [-0.15, -0.1) is 0 Å². The first-order valence-electron chi connectivity index (χ1n) is 12.1. The monoisotopic (exact) mass is 389 g/mol. The Labute approximate surface area is 188 Å². The van der Waals surface area contributed by atoms with Crippen LogP contribution in [-0.4, -0.2) is 30.0 Å². The second kappa shape index (κ2) is 23.3. The van der Waals surface area contributed by atoms with E-state index in [9.17, 15) is 9.90 Å². The van der Waals surface area contributed by atoms with Gasteiger partial charge in [-0.1, -0.05) is 104 Å². The Hall–Kier alpha value is 0.0274. The van der Waals surface area contributed by atoms with E-state index in [4.69, 9.17) is 0 Å². The van der Waals surface area contributed by atoms with Crippen molar-refractivity contribution < 1.29 is 28.8 Å². The van der Waals surface area contributed by atoms with E-state index < -0.39 is 5.97 Å². The number of unbranched alkanes of at least 4 members (excludes halogenated alkanes) is 14. The van der Waals surface area contributed by atoms with Crippen molar-refractivity contribution in [2.75, 3.05) is 13.1 Å². The molecule has 3 nitrogen and oxygen atoms in total. The number of rotatable bonds is 21. The Kier molecular flexibility index (Phi) is 25.2. The summed E-state index contributed by atoms with van der Waals surface area (Å²) >= 11 is 0. The second-order valence-corrected chi connectivity index (χ2v) is 8.41. The molecule has 0 rings (SSSR count).